The van der Waals surface area contributed by atoms with Crippen molar-refractivity contribution in [3.8, 4) is 0 Å². The smallest absolute Gasteiger partial charge is 0.0721 e. The van der Waals surface area contributed by atoms with Crippen molar-refractivity contribution in [1.82, 2.24) is 0 Å². The molecule has 4 rings (SSSR count). The van der Waals surface area contributed by atoms with E-state index in [0.717, 1.165) is 0 Å². The van der Waals surface area contributed by atoms with Gasteiger partial charge in [-0.3, -0.25) is 0 Å². The Labute approximate surface area is 281 Å². The van der Waals surface area contributed by atoms with Crippen molar-refractivity contribution in [3.63, 3.8) is 0 Å². The molecule has 0 aliphatic heterocycles. The molecule has 4 aromatic rings. The van der Waals surface area contributed by atoms with Crippen LogP contribution in [0.3, 0.4) is 0 Å². The quantitative estimate of drug-likeness (QED) is 0.246. The molecule has 4 aromatic carbocycles. The monoisotopic (exact) mass is 796 g/mol. The van der Waals surface area contributed by atoms with Gasteiger partial charge >= 0.3 is 0 Å². The van der Waals surface area contributed by atoms with E-state index >= 15 is 0 Å². The zero-order chi connectivity index (χ0) is 33.1. The van der Waals surface area contributed by atoms with Gasteiger partial charge in [0.1, 0.15) is 0 Å². The zero-order valence-corrected chi connectivity index (χ0v) is 28.0. The van der Waals surface area contributed by atoms with Gasteiger partial charge in [-0.15, -0.1) is 0 Å². The van der Waals surface area contributed by atoms with E-state index in [1.54, 1.807) is 72.8 Å². The topological polar surface area (TPSA) is 161 Å². The molecule has 0 aromatic heterocycles. The van der Waals surface area contributed by atoms with Gasteiger partial charge in [0, 0.05) is 49.6 Å². The summed E-state index contributed by atoms with van der Waals surface area (Å²) in [7, 11) is 0. The van der Waals surface area contributed by atoms with Gasteiger partial charge in [0.25, 0.3) is 0 Å². The maximum atomic E-state index is 10.4. The average Bonchev–Trinajstić information content (AvgIpc) is 3.05. The average molecular weight is 796 g/mol. The number of aromatic carboxylic acids is 4. The maximum Gasteiger partial charge on any atom is 0.0721 e. The van der Waals surface area contributed by atoms with Crippen molar-refractivity contribution in [2.75, 3.05) is 0 Å². The molecule has 45 heavy (non-hydrogen) atoms. The number of carbonyl (C=O) groups is 4. The Morgan fingerprint density at radius 3 is 0.644 bits per heavy atom. The molecule has 0 saturated heterocycles. The first kappa shape index (κ1) is 39.6. The fraction of sp³-hybridized carbons (Fsp3) is 0. The third-order valence-corrected chi connectivity index (χ3v) is 5.60. The number of carboxylic acids is 4. The first-order valence-electron chi connectivity index (χ1n) is 12.7. The molecule has 9 heteroatoms. The summed E-state index contributed by atoms with van der Waals surface area (Å²) < 4.78 is 0. The molecule has 8 nitrogen and oxygen atoms in total. The van der Waals surface area contributed by atoms with Crippen LogP contribution in [0.1, 0.15) is 63.7 Å². The van der Waals surface area contributed by atoms with Crippen molar-refractivity contribution in [1.29, 1.82) is 0 Å². The normalized spacial score (nSPS) is 8.89. The molecular weight excluding hydrogens is 768 g/mol. The van der Waals surface area contributed by atoms with Crippen LogP contribution in [0, 0.1) is 0 Å². The first-order chi connectivity index (χ1) is 21.0. The van der Waals surface area contributed by atoms with Crippen LogP contribution < -0.4 is 20.4 Å². The first-order valence-corrected chi connectivity index (χ1v) is 12.7. The van der Waals surface area contributed by atoms with Crippen LogP contribution in [0.5, 0.6) is 0 Å². The van der Waals surface area contributed by atoms with E-state index in [1.165, 1.54) is 48.6 Å². The Morgan fingerprint density at radius 2 is 0.533 bits per heavy atom. The van der Waals surface area contributed by atoms with Crippen molar-refractivity contribution in [2.24, 2.45) is 0 Å². The van der Waals surface area contributed by atoms with E-state index in [2.05, 4.69) is 26.3 Å². The largest absolute Gasteiger partial charge is 0.545 e. The van der Waals surface area contributed by atoms with Crippen LogP contribution in [0.2, 0.25) is 0 Å². The van der Waals surface area contributed by atoms with Crippen LogP contribution in [0.15, 0.2) is 123 Å². The fourth-order valence-electron chi connectivity index (χ4n) is 3.44. The minimum Gasteiger partial charge on any atom is -0.545 e. The third-order valence-electron chi connectivity index (χ3n) is 5.60. The minimum atomic E-state index is -1.17. The zero-order valence-electron chi connectivity index (χ0n) is 24.1. The standard InChI is InChI=1S/4C9H8O2.Pb/c4*1-2-7-5-3-4-6-8(7)9(10)11;/h4*2-6H,1H2,(H,10,11);/p-4. The van der Waals surface area contributed by atoms with Gasteiger partial charge in [0.2, 0.25) is 0 Å². The molecule has 0 saturated carbocycles. The van der Waals surface area contributed by atoms with Crippen LogP contribution in [0.25, 0.3) is 24.3 Å². The van der Waals surface area contributed by atoms with E-state index in [9.17, 15) is 39.6 Å². The van der Waals surface area contributed by atoms with Gasteiger partial charge in [-0.2, -0.15) is 0 Å². The molecule has 0 heterocycles. The molecule has 0 atom stereocenters. The maximum absolute atomic E-state index is 10.4. The summed E-state index contributed by atoms with van der Waals surface area (Å²) in [5.74, 6) is -4.66. The number of benzene rings is 4. The molecule has 228 valence electrons. The summed E-state index contributed by atoms with van der Waals surface area (Å²) in [5.41, 5.74) is 3.09. The Kier molecular flexibility index (Phi) is 18.8. The number of hydrogen-bond donors (Lipinski definition) is 0. The fourth-order valence-corrected chi connectivity index (χ4v) is 3.44. The minimum absolute atomic E-state index is 0. The van der Waals surface area contributed by atoms with Crippen LogP contribution in [0.4, 0.5) is 0 Å². The molecule has 0 fully saturated rings. The van der Waals surface area contributed by atoms with Gasteiger partial charge in [0.05, 0.1) is 23.9 Å². The Morgan fingerprint density at radius 1 is 0.378 bits per heavy atom. The van der Waals surface area contributed by atoms with E-state index in [0.29, 0.717) is 22.3 Å². The molecule has 0 bridgehead atoms. The second kappa shape index (κ2) is 21.3. The van der Waals surface area contributed by atoms with Gasteiger partial charge in [-0.1, -0.05) is 148 Å². The summed E-state index contributed by atoms with van der Waals surface area (Å²) in [6.45, 7) is 13.9. The summed E-state index contributed by atoms with van der Waals surface area (Å²) in [6, 6.07) is 26.3. The van der Waals surface area contributed by atoms with Gasteiger partial charge in [-0.25, -0.2) is 0 Å². The second-order valence-electron chi connectivity index (χ2n) is 8.32. The predicted molar refractivity (Wildman–Crippen MR) is 169 cm³/mol. The van der Waals surface area contributed by atoms with E-state index in [4.69, 9.17) is 0 Å². The molecule has 0 N–H and O–H groups in total. The second-order valence-corrected chi connectivity index (χ2v) is 8.32. The van der Waals surface area contributed by atoms with Crippen LogP contribution >= 0.6 is 0 Å². The van der Waals surface area contributed by atoms with Gasteiger partial charge in [-0.05, 0) is 22.3 Å². The number of carbonyl (C=O) groups excluding carboxylic acids is 4. The number of rotatable bonds is 8. The number of hydrogen-bond acceptors (Lipinski definition) is 8. The Balaban J connectivity index is 0.000000569. The molecule has 0 unspecified atom stereocenters. The van der Waals surface area contributed by atoms with E-state index in [-0.39, 0.29) is 49.6 Å². The van der Waals surface area contributed by atoms with Gasteiger partial charge < -0.3 is 39.6 Å². The van der Waals surface area contributed by atoms with E-state index in [1.807, 2.05) is 0 Å². The van der Waals surface area contributed by atoms with Crippen LogP contribution in [-0.2, 0) is 0 Å². The molecule has 0 aliphatic rings. The van der Waals surface area contributed by atoms with Crippen LogP contribution in [-0.4, -0.2) is 51.2 Å². The van der Waals surface area contributed by atoms with Crippen molar-refractivity contribution in [3.05, 3.63) is 168 Å². The van der Waals surface area contributed by atoms with Gasteiger partial charge in [0.15, 0.2) is 0 Å². The molecule has 4 radical (unpaired) electrons. The van der Waals surface area contributed by atoms with Crippen molar-refractivity contribution < 1.29 is 39.6 Å². The van der Waals surface area contributed by atoms with Crippen molar-refractivity contribution >= 4 is 75.5 Å². The summed E-state index contributed by atoms with van der Waals surface area (Å²) in [4.78, 5) is 41.7. The summed E-state index contributed by atoms with van der Waals surface area (Å²) in [5, 5.41) is 41.7. The Bertz CT molecular complexity index is 1410. The SMILES string of the molecule is C=Cc1ccccc1C(=O)[O-].C=Cc1ccccc1C(=O)[O-].C=Cc1ccccc1C(=O)[O-].C=Cc1ccccc1C(=O)[O-].[Pb]. The summed E-state index contributed by atoms with van der Waals surface area (Å²) in [6.07, 6.45) is 5.96. The predicted octanol–water partition coefficient (Wildman–Crippen LogP) is 2.39. The Hall–Kier alpha value is -5.36. The third kappa shape index (κ3) is 13.2. The van der Waals surface area contributed by atoms with Crippen molar-refractivity contribution in [2.45, 2.75) is 0 Å². The molecule has 0 aliphatic carbocycles. The molecule has 0 amide bonds. The summed E-state index contributed by atoms with van der Waals surface area (Å²) >= 11 is 0. The number of carboxylic acid groups (broad SMARTS) is 4. The molecule has 0 spiro atoms. The molecular formula is C36H28O8Pb-4. The van der Waals surface area contributed by atoms with E-state index < -0.39 is 23.9 Å².